The van der Waals surface area contributed by atoms with E-state index < -0.39 is 29.8 Å². The van der Waals surface area contributed by atoms with Gasteiger partial charge in [0, 0.05) is 15.4 Å². The van der Waals surface area contributed by atoms with Crippen LogP contribution in [0.15, 0.2) is 51.7 Å². The molecule has 1 aliphatic rings. The molecule has 0 bridgehead atoms. The Bertz CT molecular complexity index is 1260. The highest BCUT2D eigenvalue weighted by molar-refractivity contribution is 6.31. The molecule has 0 aliphatic carbocycles. The summed E-state index contributed by atoms with van der Waals surface area (Å²) < 4.78 is 26.8. The summed E-state index contributed by atoms with van der Waals surface area (Å²) in [7, 11) is 1.19. The minimum Gasteiger partial charge on any atom is -0.465 e. The number of hydrogen-bond donors (Lipinski definition) is 0. The molecule has 0 amide bonds. The Morgan fingerprint density at radius 2 is 1.72 bits per heavy atom. The first-order chi connectivity index (χ1) is 15.3. The van der Waals surface area contributed by atoms with Crippen molar-refractivity contribution in [2.75, 3.05) is 20.3 Å². The van der Waals surface area contributed by atoms with Crippen molar-refractivity contribution >= 4 is 46.1 Å². The molecule has 0 atom stereocenters. The second-order valence-corrected chi connectivity index (χ2v) is 7.74. The van der Waals surface area contributed by atoms with Crippen molar-refractivity contribution in [3.8, 4) is 5.75 Å². The zero-order valence-electron chi connectivity index (χ0n) is 16.7. The van der Waals surface area contributed by atoms with Gasteiger partial charge in [-0.25, -0.2) is 9.59 Å². The van der Waals surface area contributed by atoms with Gasteiger partial charge in [0.2, 0.25) is 5.79 Å². The fourth-order valence-electron chi connectivity index (χ4n) is 3.38. The van der Waals surface area contributed by atoms with Crippen molar-refractivity contribution in [1.29, 1.82) is 0 Å². The lowest BCUT2D eigenvalue weighted by molar-refractivity contribution is -0.184. The lowest BCUT2D eigenvalue weighted by Crippen LogP contribution is -2.36. The molecule has 8 nitrogen and oxygen atoms in total. The van der Waals surface area contributed by atoms with E-state index in [0.717, 1.165) is 0 Å². The van der Waals surface area contributed by atoms with Gasteiger partial charge in [0.25, 0.3) is 0 Å². The Morgan fingerprint density at radius 1 is 1.03 bits per heavy atom. The highest BCUT2D eigenvalue weighted by atomic mass is 35.5. The number of ether oxygens (including phenoxy) is 4. The van der Waals surface area contributed by atoms with Crippen LogP contribution in [0.25, 0.3) is 11.0 Å². The molecule has 166 valence electrons. The SMILES string of the molecule is COC(=O)c1cc(Cl)ccc1OC(=O)CC1(c2cc3cc(Cl)ccc3oc2=O)OCCO1. The van der Waals surface area contributed by atoms with Crippen LogP contribution >= 0.6 is 23.2 Å². The van der Waals surface area contributed by atoms with Gasteiger partial charge in [-0.2, -0.15) is 0 Å². The maximum absolute atomic E-state index is 12.8. The summed E-state index contributed by atoms with van der Waals surface area (Å²) in [6.07, 6.45) is -0.479. The number of hydrogen-bond acceptors (Lipinski definition) is 8. The molecule has 0 spiro atoms. The summed E-state index contributed by atoms with van der Waals surface area (Å²) in [5.41, 5.74) is -0.444. The summed E-state index contributed by atoms with van der Waals surface area (Å²) >= 11 is 12.0. The third kappa shape index (κ3) is 4.35. The lowest BCUT2D eigenvalue weighted by Gasteiger charge is -2.25. The van der Waals surface area contributed by atoms with Gasteiger partial charge in [-0.15, -0.1) is 0 Å². The molecule has 10 heteroatoms. The summed E-state index contributed by atoms with van der Waals surface area (Å²) in [5, 5.41) is 1.23. The Balaban J connectivity index is 1.67. The van der Waals surface area contributed by atoms with Gasteiger partial charge in [0.1, 0.15) is 23.3 Å². The number of carbonyl (C=O) groups is 2. The van der Waals surface area contributed by atoms with E-state index >= 15 is 0 Å². The Morgan fingerprint density at radius 3 is 2.44 bits per heavy atom. The third-order valence-electron chi connectivity index (χ3n) is 4.81. The average molecular weight is 479 g/mol. The number of carbonyl (C=O) groups excluding carboxylic acids is 2. The normalized spacial score (nSPS) is 15.0. The van der Waals surface area contributed by atoms with Crippen LogP contribution in [-0.2, 0) is 24.8 Å². The molecule has 1 aliphatic heterocycles. The fraction of sp³-hybridized carbons (Fsp3) is 0.227. The molecule has 3 aromatic rings. The maximum atomic E-state index is 12.8. The van der Waals surface area contributed by atoms with E-state index in [1.165, 1.54) is 31.4 Å². The van der Waals surface area contributed by atoms with Crippen molar-refractivity contribution in [3.63, 3.8) is 0 Å². The minimum absolute atomic E-state index is 0.00832. The molecule has 2 aromatic carbocycles. The molecular weight excluding hydrogens is 463 g/mol. The van der Waals surface area contributed by atoms with Crippen LogP contribution in [0.5, 0.6) is 5.75 Å². The standard InChI is InChI=1S/C22H16Cl2O8/c1-28-20(26)15-10-14(24)3-5-18(15)31-19(25)11-22(29-6-7-30-22)16-9-12-8-13(23)2-4-17(12)32-21(16)27/h2-5,8-10H,6-7,11H2,1H3. The molecule has 1 saturated heterocycles. The molecule has 1 aromatic heterocycles. The summed E-state index contributed by atoms with van der Waals surface area (Å²) in [6.45, 7) is 0.295. The molecule has 0 N–H and O–H groups in total. The zero-order valence-corrected chi connectivity index (χ0v) is 18.2. The van der Waals surface area contributed by atoms with E-state index in [-0.39, 0.29) is 35.1 Å². The van der Waals surface area contributed by atoms with Crippen LogP contribution in [0.3, 0.4) is 0 Å². The largest absolute Gasteiger partial charge is 0.465 e. The van der Waals surface area contributed by atoms with Gasteiger partial charge < -0.3 is 23.4 Å². The van der Waals surface area contributed by atoms with Gasteiger partial charge in [-0.3, -0.25) is 4.79 Å². The highest BCUT2D eigenvalue weighted by Crippen LogP contribution is 2.36. The first-order valence-electron chi connectivity index (χ1n) is 9.42. The number of fused-ring (bicyclic) bond motifs is 1. The van der Waals surface area contributed by atoms with E-state index in [9.17, 15) is 14.4 Å². The van der Waals surface area contributed by atoms with Gasteiger partial charge in [-0.1, -0.05) is 23.2 Å². The monoisotopic (exact) mass is 478 g/mol. The van der Waals surface area contributed by atoms with Crippen LogP contribution in [-0.4, -0.2) is 32.3 Å². The molecule has 1 fully saturated rings. The van der Waals surface area contributed by atoms with Crippen LogP contribution in [0.4, 0.5) is 0 Å². The summed E-state index contributed by atoms with van der Waals surface area (Å²) in [6, 6.07) is 10.4. The molecule has 0 saturated carbocycles. The van der Waals surface area contributed by atoms with E-state index in [0.29, 0.717) is 16.0 Å². The van der Waals surface area contributed by atoms with Crippen molar-refractivity contribution in [2.24, 2.45) is 0 Å². The maximum Gasteiger partial charge on any atom is 0.344 e. The lowest BCUT2D eigenvalue weighted by atomic mass is 10.0. The smallest absolute Gasteiger partial charge is 0.344 e. The highest BCUT2D eigenvalue weighted by Gasteiger charge is 2.44. The average Bonchev–Trinajstić information content (AvgIpc) is 3.23. The van der Waals surface area contributed by atoms with Gasteiger partial charge in [0.15, 0.2) is 0 Å². The van der Waals surface area contributed by atoms with Crippen LogP contribution < -0.4 is 10.4 Å². The van der Waals surface area contributed by atoms with E-state index in [1.807, 2.05) is 0 Å². The molecule has 4 rings (SSSR count). The quantitative estimate of drug-likeness (QED) is 0.307. The van der Waals surface area contributed by atoms with E-state index in [4.69, 9.17) is 46.6 Å². The minimum atomic E-state index is -1.72. The van der Waals surface area contributed by atoms with Crippen molar-refractivity contribution in [1.82, 2.24) is 0 Å². The van der Waals surface area contributed by atoms with Gasteiger partial charge in [0.05, 0.1) is 25.9 Å². The number of rotatable bonds is 5. The predicted molar refractivity (Wildman–Crippen MR) is 114 cm³/mol. The second kappa shape index (κ2) is 8.91. The molecule has 0 radical (unpaired) electrons. The molecular formula is C22H16Cl2O8. The number of halogens is 2. The number of esters is 2. The fourth-order valence-corrected chi connectivity index (χ4v) is 3.73. The van der Waals surface area contributed by atoms with Crippen molar-refractivity contribution in [2.45, 2.75) is 12.2 Å². The first kappa shape index (κ1) is 22.3. The molecule has 2 heterocycles. The van der Waals surface area contributed by atoms with Crippen LogP contribution in [0.1, 0.15) is 22.3 Å². The third-order valence-corrected chi connectivity index (χ3v) is 5.28. The first-order valence-corrected chi connectivity index (χ1v) is 10.2. The Hall–Kier alpha value is -2.91. The van der Waals surface area contributed by atoms with Crippen LogP contribution in [0.2, 0.25) is 10.0 Å². The number of benzene rings is 2. The second-order valence-electron chi connectivity index (χ2n) is 6.86. The van der Waals surface area contributed by atoms with Gasteiger partial charge >= 0.3 is 17.6 Å². The molecule has 0 unspecified atom stereocenters. The summed E-state index contributed by atoms with van der Waals surface area (Å²) in [5.74, 6) is -3.32. The molecule has 32 heavy (non-hydrogen) atoms. The Labute approximate surface area is 191 Å². The summed E-state index contributed by atoms with van der Waals surface area (Å²) in [4.78, 5) is 37.5. The Kier molecular flexibility index (Phi) is 6.21. The van der Waals surface area contributed by atoms with Crippen molar-refractivity contribution < 1.29 is 33.0 Å². The zero-order chi connectivity index (χ0) is 22.9. The van der Waals surface area contributed by atoms with E-state index in [2.05, 4.69) is 0 Å². The van der Waals surface area contributed by atoms with Crippen molar-refractivity contribution in [3.05, 3.63) is 74.1 Å². The van der Waals surface area contributed by atoms with Crippen LogP contribution in [0, 0.1) is 0 Å². The topological polar surface area (TPSA) is 101 Å². The van der Waals surface area contributed by atoms with Gasteiger partial charge in [-0.05, 0) is 42.5 Å². The van der Waals surface area contributed by atoms with E-state index in [1.54, 1.807) is 18.2 Å². The predicted octanol–water partition coefficient (Wildman–Crippen LogP) is 4.08. The number of methoxy groups -OCH3 is 1.